The number of hydrogen-bond donors (Lipinski definition) is 1. The molecule has 0 saturated carbocycles. The number of rotatable bonds is 14. The first kappa shape index (κ1) is 31.5. The smallest absolute Gasteiger partial charge is 0.327 e. The predicted molar refractivity (Wildman–Crippen MR) is 102 cm³/mol. The van der Waals surface area contributed by atoms with Crippen LogP contribution in [0.5, 0.6) is 0 Å². The summed E-state index contributed by atoms with van der Waals surface area (Å²) in [6.45, 7) is 4.32. The van der Waals surface area contributed by atoms with E-state index in [0.717, 1.165) is 38.5 Å². The van der Waals surface area contributed by atoms with E-state index in [1.807, 2.05) is 6.92 Å². The number of carbonyl (C=O) groups is 2. The van der Waals surface area contributed by atoms with Gasteiger partial charge in [0.05, 0.1) is 19.6 Å². The molecule has 26 heavy (non-hydrogen) atoms. The fourth-order valence-electron chi connectivity index (χ4n) is 2.03. The summed E-state index contributed by atoms with van der Waals surface area (Å²) < 4.78 is 41.5. The van der Waals surface area contributed by atoms with Crippen molar-refractivity contribution in [1.29, 1.82) is 0 Å². The Morgan fingerprint density at radius 3 is 1.73 bits per heavy atom. The zero-order valence-corrected chi connectivity index (χ0v) is 21.5. The average Bonchev–Trinajstić information content (AvgIpc) is 2.51. The molecule has 0 aliphatic heterocycles. The Bertz CT molecular complexity index is 469. The minimum Gasteiger partial charge on any atom is -0.466 e. The van der Waals surface area contributed by atoms with Gasteiger partial charge in [0, 0.05) is 59.1 Å². The summed E-state index contributed by atoms with van der Waals surface area (Å²) in [4.78, 5) is 23.5. The van der Waals surface area contributed by atoms with Crippen LogP contribution in [0.25, 0.3) is 0 Å². The molecule has 10 heteroatoms. The number of esters is 2. The molecule has 0 aliphatic rings. The molecule has 0 aromatic rings. The van der Waals surface area contributed by atoms with Gasteiger partial charge >= 0.3 is 11.9 Å². The van der Waals surface area contributed by atoms with E-state index in [-0.39, 0.29) is 72.3 Å². The maximum Gasteiger partial charge on any atom is 0.327 e. The first-order valence-electron chi connectivity index (χ1n) is 8.61. The second-order valence-electron chi connectivity index (χ2n) is 5.72. The van der Waals surface area contributed by atoms with Gasteiger partial charge in [-0.2, -0.15) is 8.42 Å². The van der Waals surface area contributed by atoms with Gasteiger partial charge in [-0.05, 0) is 12.8 Å². The zero-order valence-electron chi connectivity index (χ0n) is 16.7. The van der Waals surface area contributed by atoms with Crippen LogP contribution in [-0.4, -0.2) is 102 Å². The van der Waals surface area contributed by atoms with Crippen molar-refractivity contribution in [2.24, 2.45) is 0 Å². The molecule has 0 heterocycles. The molecular formula is C16H30Na2O7S. The number of hydrogen-bond acceptors (Lipinski definition) is 6. The topological polar surface area (TPSA) is 107 Å². The van der Waals surface area contributed by atoms with Gasteiger partial charge in [-0.3, -0.25) is 14.1 Å². The van der Waals surface area contributed by atoms with Gasteiger partial charge in [0.2, 0.25) is 0 Å². The van der Waals surface area contributed by atoms with Crippen LogP contribution in [0.15, 0.2) is 0 Å². The predicted octanol–water partition coefficient (Wildman–Crippen LogP) is 2.12. The SMILES string of the molecule is CCCCCCOC(=O)CC(C(=O)OCCCCCC)S(=O)(=O)O.[Na].[Na]. The van der Waals surface area contributed by atoms with Crippen molar-refractivity contribution in [2.75, 3.05) is 13.2 Å². The third-order valence-corrected chi connectivity index (χ3v) is 4.56. The van der Waals surface area contributed by atoms with Crippen LogP contribution >= 0.6 is 0 Å². The van der Waals surface area contributed by atoms with Crippen LogP contribution in [0.1, 0.15) is 71.6 Å². The third-order valence-electron chi connectivity index (χ3n) is 3.48. The summed E-state index contributed by atoms with van der Waals surface area (Å²) in [7, 11) is -4.72. The number of unbranched alkanes of at least 4 members (excludes halogenated alkanes) is 6. The van der Waals surface area contributed by atoms with Crippen LogP contribution in [0, 0.1) is 0 Å². The van der Waals surface area contributed by atoms with E-state index >= 15 is 0 Å². The molecule has 0 aromatic carbocycles. The molecule has 0 saturated heterocycles. The van der Waals surface area contributed by atoms with E-state index < -0.39 is 33.7 Å². The summed E-state index contributed by atoms with van der Waals surface area (Å²) in [6.07, 6.45) is 6.40. The Kier molecular flexibility index (Phi) is 23.3. The van der Waals surface area contributed by atoms with E-state index in [0.29, 0.717) is 12.8 Å². The van der Waals surface area contributed by atoms with Crippen molar-refractivity contribution in [2.45, 2.75) is 76.9 Å². The average molecular weight is 412 g/mol. The van der Waals surface area contributed by atoms with Crippen molar-refractivity contribution in [1.82, 2.24) is 0 Å². The van der Waals surface area contributed by atoms with Crippen LogP contribution in [0.4, 0.5) is 0 Å². The van der Waals surface area contributed by atoms with Gasteiger partial charge in [0.25, 0.3) is 10.1 Å². The van der Waals surface area contributed by atoms with Crippen molar-refractivity contribution < 1.29 is 32.0 Å². The van der Waals surface area contributed by atoms with Gasteiger partial charge in [0.15, 0.2) is 5.25 Å². The maximum absolute atomic E-state index is 11.8. The molecule has 0 amide bonds. The van der Waals surface area contributed by atoms with Crippen molar-refractivity contribution in [3.63, 3.8) is 0 Å². The van der Waals surface area contributed by atoms with E-state index in [9.17, 15) is 18.0 Å². The Labute approximate surface area is 201 Å². The minimum atomic E-state index is -4.72. The quantitative estimate of drug-likeness (QED) is 0.202. The monoisotopic (exact) mass is 412 g/mol. The summed E-state index contributed by atoms with van der Waals surface area (Å²) in [6, 6.07) is 0. The van der Waals surface area contributed by atoms with Crippen molar-refractivity contribution in [3.8, 4) is 0 Å². The Balaban J connectivity index is -0.00000264. The second-order valence-corrected chi connectivity index (χ2v) is 7.32. The molecule has 0 bridgehead atoms. The first-order valence-corrected chi connectivity index (χ1v) is 10.1. The van der Waals surface area contributed by atoms with E-state index in [1.54, 1.807) is 0 Å². The molecule has 1 atom stereocenters. The Morgan fingerprint density at radius 1 is 0.846 bits per heavy atom. The number of carbonyl (C=O) groups excluding carboxylic acids is 2. The van der Waals surface area contributed by atoms with E-state index in [4.69, 9.17) is 14.0 Å². The fraction of sp³-hybridized carbons (Fsp3) is 0.875. The van der Waals surface area contributed by atoms with Crippen LogP contribution < -0.4 is 0 Å². The molecule has 0 aromatic heterocycles. The minimum absolute atomic E-state index is 0. The largest absolute Gasteiger partial charge is 0.466 e. The molecule has 0 fully saturated rings. The van der Waals surface area contributed by atoms with Crippen molar-refractivity contribution >= 4 is 81.2 Å². The molecule has 0 spiro atoms. The van der Waals surface area contributed by atoms with Crippen molar-refractivity contribution in [3.05, 3.63) is 0 Å². The summed E-state index contributed by atoms with van der Waals surface area (Å²) >= 11 is 0. The summed E-state index contributed by atoms with van der Waals surface area (Å²) in [5.41, 5.74) is 0. The van der Waals surface area contributed by atoms with Gasteiger partial charge in [-0.25, -0.2) is 0 Å². The Morgan fingerprint density at radius 2 is 1.31 bits per heavy atom. The second kappa shape index (κ2) is 19.2. The zero-order chi connectivity index (χ0) is 18.4. The van der Waals surface area contributed by atoms with Crippen LogP contribution in [0.2, 0.25) is 0 Å². The molecular weight excluding hydrogens is 382 g/mol. The number of ether oxygens (including phenoxy) is 2. The fourth-order valence-corrected chi connectivity index (χ4v) is 2.69. The molecule has 2 radical (unpaired) electrons. The summed E-state index contributed by atoms with van der Waals surface area (Å²) in [5.74, 6) is -1.95. The standard InChI is InChI=1S/C16H30O7S.2Na/c1-3-5-7-9-11-22-15(17)13-14(24(19,20)21)16(18)23-12-10-8-6-4-2;;/h14H,3-13H2,1-2H3,(H,19,20,21);;. The third kappa shape index (κ3) is 17.0. The van der Waals surface area contributed by atoms with Gasteiger partial charge in [-0.1, -0.05) is 52.4 Å². The van der Waals surface area contributed by atoms with Gasteiger partial charge in [-0.15, -0.1) is 0 Å². The summed E-state index contributed by atoms with van der Waals surface area (Å²) in [5, 5.41) is -1.92. The Hall–Kier alpha value is 0.850. The molecule has 1 N–H and O–H groups in total. The van der Waals surface area contributed by atoms with E-state index in [1.165, 1.54) is 0 Å². The molecule has 144 valence electrons. The van der Waals surface area contributed by atoms with Gasteiger partial charge in [0.1, 0.15) is 0 Å². The van der Waals surface area contributed by atoms with E-state index in [2.05, 4.69) is 6.92 Å². The normalized spacial score (nSPS) is 11.7. The molecule has 0 aliphatic carbocycles. The van der Waals surface area contributed by atoms with Gasteiger partial charge < -0.3 is 9.47 Å². The van der Waals surface area contributed by atoms with Crippen LogP contribution in [0.3, 0.4) is 0 Å². The maximum atomic E-state index is 11.8. The molecule has 0 rings (SSSR count). The van der Waals surface area contributed by atoms with Crippen LogP contribution in [-0.2, 0) is 29.2 Å². The first-order chi connectivity index (χ1) is 11.3. The molecule has 7 nitrogen and oxygen atoms in total. The molecule has 1 unspecified atom stereocenters.